The second-order valence-electron chi connectivity index (χ2n) is 4.60. The summed E-state index contributed by atoms with van der Waals surface area (Å²) in [7, 11) is 1.47. The first-order valence-electron chi connectivity index (χ1n) is 6.38. The lowest BCUT2D eigenvalue weighted by Gasteiger charge is -2.07. The number of aromatic nitrogens is 2. The number of nitrogens with one attached hydrogen (secondary N) is 2. The van der Waals surface area contributed by atoms with E-state index in [0.717, 1.165) is 18.7 Å². The fourth-order valence-corrected chi connectivity index (χ4v) is 2.34. The van der Waals surface area contributed by atoms with E-state index >= 15 is 0 Å². The molecule has 0 spiro atoms. The molecule has 0 unspecified atom stereocenters. The van der Waals surface area contributed by atoms with Gasteiger partial charge in [-0.3, -0.25) is 10.1 Å². The lowest BCUT2D eigenvalue weighted by atomic mass is 10.1. The van der Waals surface area contributed by atoms with Crippen LogP contribution in [-0.4, -0.2) is 23.0 Å². The van der Waals surface area contributed by atoms with Gasteiger partial charge < -0.3 is 10.1 Å². The van der Waals surface area contributed by atoms with Gasteiger partial charge in [0.2, 0.25) is 11.8 Å². The Labute approximate surface area is 126 Å². The van der Waals surface area contributed by atoms with Gasteiger partial charge in [-0.2, -0.15) is 4.98 Å². The Hall–Kier alpha value is -2.18. The molecular formula is C14H13ClN4O2. The first-order valence-corrected chi connectivity index (χ1v) is 6.76. The molecule has 7 heteroatoms. The number of carbonyl (C=O) groups is 1. The van der Waals surface area contributed by atoms with Gasteiger partial charge in [-0.25, -0.2) is 4.98 Å². The Balaban J connectivity index is 1.81. The van der Waals surface area contributed by atoms with Crippen molar-refractivity contribution in [1.29, 1.82) is 0 Å². The molecule has 0 bridgehead atoms. The maximum atomic E-state index is 12.2. The van der Waals surface area contributed by atoms with Crippen molar-refractivity contribution in [2.75, 3.05) is 12.4 Å². The monoisotopic (exact) mass is 304 g/mol. The molecule has 2 aromatic rings. The Bertz CT molecular complexity index is 705. The van der Waals surface area contributed by atoms with Crippen molar-refractivity contribution in [3.8, 4) is 5.88 Å². The molecule has 108 valence electrons. The quantitative estimate of drug-likeness (QED) is 0.848. The van der Waals surface area contributed by atoms with Crippen LogP contribution in [0.15, 0.2) is 24.3 Å². The molecule has 0 atom stereocenters. The first-order chi connectivity index (χ1) is 10.2. The van der Waals surface area contributed by atoms with Gasteiger partial charge in [0.15, 0.2) is 0 Å². The zero-order valence-electron chi connectivity index (χ0n) is 11.3. The van der Waals surface area contributed by atoms with Crippen molar-refractivity contribution in [3.63, 3.8) is 0 Å². The first kappa shape index (κ1) is 13.8. The number of anilines is 1. The number of nitrogens with zero attached hydrogens (tertiary/aromatic N) is 2. The molecule has 3 rings (SSSR count). The Morgan fingerprint density at radius 1 is 1.29 bits per heavy atom. The number of methoxy groups -OCH3 is 1. The van der Waals surface area contributed by atoms with Crippen LogP contribution in [0, 0.1) is 0 Å². The second kappa shape index (κ2) is 5.67. The van der Waals surface area contributed by atoms with Gasteiger partial charge in [-0.1, -0.05) is 17.7 Å². The number of halogens is 1. The molecule has 2 N–H and O–H groups in total. The van der Waals surface area contributed by atoms with Crippen LogP contribution in [0.25, 0.3) is 0 Å². The third-order valence-electron chi connectivity index (χ3n) is 3.21. The maximum absolute atomic E-state index is 12.2. The zero-order valence-corrected chi connectivity index (χ0v) is 12.1. The SMILES string of the molecule is COc1cc(Cl)nc(NC(=O)c2ccc3c(c2)CNC3)n1. The highest BCUT2D eigenvalue weighted by Gasteiger charge is 2.15. The number of carbonyl (C=O) groups excluding carboxylic acids is 1. The van der Waals surface area contributed by atoms with E-state index in [1.807, 2.05) is 12.1 Å². The minimum absolute atomic E-state index is 0.114. The summed E-state index contributed by atoms with van der Waals surface area (Å²) in [5.74, 6) is 0.125. The second-order valence-corrected chi connectivity index (χ2v) is 4.99. The van der Waals surface area contributed by atoms with Gasteiger partial charge in [0.05, 0.1) is 7.11 Å². The predicted octanol–water partition coefficient (Wildman–Crippen LogP) is 1.99. The third-order valence-corrected chi connectivity index (χ3v) is 3.40. The lowest BCUT2D eigenvalue weighted by molar-refractivity contribution is 0.102. The zero-order chi connectivity index (χ0) is 14.8. The number of benzene rings is 1. The molecule has 1 amide bonds. The molecule has 0 fully saturated rings. The number of rotatable bonds is 3. The Morgan fingerprint density at radius 3 is 2.90 bits per heavy atom. The summed E-state index contributed by atoms with van der Waals surface area (Å²) in [6.07, 6.45) is 0. The summed E-state index contributed by atoms with van der Waals surface area (Å²) in [6.45, 7) is 1.61. The van der Waals surface area contributed by atoms with Crippen LogP contribution in [0.5, 0.6) is 5.88 Å². The number of ether oxygens (including phenoxy) is 1. The largest absolute Gasteiger partial charge is 0.481 e. The molecular weight excluding hydrogens is 292 g/mol. The average molecular weight is 305 g/mol. The number of hydrogen-bond donors (Lipinski definition) is 2. The third kappa shape index (κ3) is 2.96. The molecule has 0 saturated heterocycles. The number of fused-ring (bicyclic) bond motifs is 1. The molecule has 21 heavy (non-hydrogen) atoms. The fourth-order valence-electron chi connectivity index (χ4n) is 2.17. The van der Waals surface area contributed by atoms with E-state index < -0.39 is 0 Å². The fraction of sp³-hybridized carbons (Fsp3) is 0.214. The summed E-state index contributed by atoms with van der Waals surface area (Å²) >= 11 is 5.84. The minimum atomic E-state index is -0.283. The van der Waals surface area contributed by atoms with Crippen molar-refractivity contribution < 1.29 is 9.53 Å². The van der Waals surface area contributed by atoms with E-state index in [9.17, 15) is 4.79 Å². The summed E-state index contributed by atoms with van der Waals surface area (Å²) < 4.78 is 4.99. The number of hydrogen-bond acceptors (Lipinski definition) is 5. The molecule has 1 aliphatic rings. The van der Waals surface area contributed by atoms with Crippen LogP contribution >= 0.6 is 11.6 Å². The van der Waals surface area contributed by atoms with Crippen LogP contribution in [0.3, 0.4) is 0 Å². The van der Waals surface area contributed by atoms with Crippen LogP contribution in [0.4, 0.5) is 5.95 Å². The molecule has 1 aromatic carbocycles. The van der Waals surface area contributed by atoms with E-state index in [4.69, 9.17) is 16.3 Å². The van der Waals surface area contributed by atoms with Gasteiger partial charge in [0.25, 0.3) is 5.91 Å². The smallest absolute Gasteiger partial charge is 0.258 e. The lowest BCUT2D eigenvalue weighted by Crippen LogP contribution is -2.15. The molecule has 6 nitrogen and oxygen atoms in total. The molecule has 1 aliphatic heterocycles. The molecule has 0 saturated carbocycles. The number of amides is 1. The summed E-state index contributed by atoms with van der Waals surface area (Å²) in [5, 5.41) is 6.06. The van der Waals surface area contributed by atoms with Crippen molar-refractivity contribution in [3.05, 3.63) is 46.1 Å². The van der Waals surface area contributed by atoms with E-state index in [1.165, 1.54) is 18.7 Å². The summed E-state index contributed by atoms with van der Waals surface area (Å²) in [5.41, 5.74) is 2.90. The molecule has 2 heterocycles. The van der Waals surface area contributed by atoms with E-state index in [1.54, 1.807) is 6.07 Å². The molecule has 1 aromatic heterocycles. The Morgan fingerprint density at radius 2 is 2.10 bits per heavy atom. The van der Waals surface area contributed by atoms with E-state index in [0.29, 0.717) is 11.4 Å². The maximum Gasteiger partial charge on any atom is 0.258 e. The van der Waals surface area contributed by atoms with Gasteiger partial charge >= 0.3 is 0 Å². The van der Waals surface area contributed by atoms with Gasteiger partial charge in [-0.05, 0) is 23.3 Å². The van der Waals surface area contributed by atoms with Crippen LogP contribution in [0.2, 0.25) is 5.15 Å². The minimum Gasteiger partial charge on any atom is -0.481 e. The van der Waals surface area contributed by atoms with E-state index in [-0.39, 0.29) is 17.0 Å². The van der Waals surface area contributed by atoms with Crippen molar-refractivity contribution >= 4 is 23.5 Å². The van der Waals surface area contributed by atoms with Crippen LogP contribution < -0.4 is 15.4 Å². The Kier molecular flexibility index (Phi) is 3.72. The van der Waals surface area contributed by atoms with Gasteiger partial charge in [0, 0.05) is 24.7 Å². The summed E-state index contributed by atoms with van der Waals surface area (Å²) in [6, 6.07) is 7.07. The highest BCUT2D eigenvalue weighted by atomic mass is 35.5. The topological polar surface area (TPSA) is 76.1 Å². The van der Waals surface area contributed by atoms with Crippen molar-refractivity contribution in [1.82, 2.24) is 15.3 Å². The molecule has 0 aliphatic carbocycles. The van der Waals surface area contributed by atoms with Crippen molar-refractivity contribution in [2.45, 2.75) is 13.1 Å². The summed E-state index contributed by atoms with van der Waals surface area (Å²) in [4.78, 5) is 20.2. The van der Waals surface area contributed by atoms with Crippen LogP contribution in [-0.2, 0) is 13.1 Å². The van der Waals surface area contributed by atoms with Crippen LogP contribution in [0.1, 0.15) is 21.5 Å². The van der Waals surface area contributed by atoms with Crippen molar-refractivity contribution in [2.24, 2.45) is 0 Å². The highest BCUT2D eigenvalue weighted by molar-refractivity contribution is 6.29. The highest BCUT2D eigenvalue weighted by Crippen LogP contribution is 2.19. The average Bonchev–Trinajstić information content (AvgIpc) is 2.93. The van der Waals surface area contributed by atoms with E-state index in [2.05, 4.69) is 20.6 Å². The predicted molar refractivity (Wildman–Crippen MR) is 78.5 cm³/mol. The standard InChI is InChI=1S/C14H13ClN4O2/c1-21-12-5-11(15)17-14(18-12)19-13(20)8-2-3-9-6-16-7-10(9)4-8/h2-5,16H,6-7H2,1H3,(H,17,18,19,20). The normalized spacial score (nSPS) is 12.9. The van der Waals surface area contributed by atoms with Gasteiger partial charge in [0.1, 0.15) is 5.15 Å². The molecule has 0 radical (unpaired) electrons. The van der Waals surface area contributed by atoms with Gasteiger partial charge in [-0.15, -0.1) is 0 Å².